The topological polar surface area (TPSA) is 48.4 Å². The molecule has 0 radical (unpaired) electrons. The van der Waals surface area contributed by atoms with Crippen LogP contribution in [-0.4, -0.2) is 25.0 Å². The Morgan fingerprint density at radius 2 is 1.89 bits per heavy atom. The van der Waals surface area contributed by atoms with Gasteiger partial charge in [-0.3, -0.25) is 4.98 Å². The normalized spacial score (nSPS) is 10.5. The van der Waals surface area contributed by atoms with E-state index in [-0.39, 0.29) is 5.78 Å². The molecule has 1 heterocycles. The molecule has 0 saturated heterocycles. The number of hydrogen-bond acceptors (Lipinski definition) is 4. The fourth-order valence-corrected chi connectivity index (χ4v) is 2.05. The van der Waals surface area contributed by atoms with E-state index in [0.29, 0.717) is 24.3 Å². The molecule has 0 atom stereocenters. The van der Waals surface area contributed by atoms with E-state index < -0.39 is 0 Å². The van der Waals surface area contributed by atoms with Crippen LogP contribution in [0.15, 0.2) is 24.4 Å². The summed E-state index contributed by atoms with van der Waals surface area (Å²) in [7, 11) is 3.22. The van der Waals surface area contributed by atoms with Crippen LogP contribution in [0, 0.1) is 0 Å². The Labute approximate surface area is 112 Å². The van der Waals surface area contributed by atoms with Gasteiger partial charge in [-0.2, -0.15) is 0 Å². The average molecular weight is 259 g/mol. The summed E-state index contributed by atoms with van der Waals surface area (Å²) in [6, 6.07) is 5.76. The molecule has 0 spiro atoms. The first-order chi connectivity index (χ1) is 9.15. The summed E-state index contributed by atoms with van der Waals surface area (Å²) in [4.78, 5) is 15.5. The number of fused-ring (bicyclic) bond motifs is 1. The summed E-state index contributed by atoms with van der Waals surface area (Å²) < 4.78 is 10.6. The molecule has 2 aromatic rings. The molecule has 0 unspecified atom stereocenters. The molecule has 0 aliphatic carbocycles. The number of Topliss-reactive ketones (excluding diaryl/α,β-unsaturated/α-hetero) is 1. The van der Waals surface area contributed by atoms with Crippen LogP contribution >= 0.6 is 0 Å². The zero-order chi connectivity index (χ0) is 13.8. The number of nitrogens with zero attached hydrogens (tertiary/aromatic N) is 1. The van der Waals surface area contributed by atoms with Gasteiger partial charge in [-0.05, 0) is 36.9 Å². The van der Waals surface area contributed by atoms with Crippen LogP contribution in [0.4, 0.5) is 0 Å². The minimum absolute atomic E-state index is 0.166. The number of carbonyl (C=O) groups is 1. The Balaban J connectivity index is 2.51. The first-order valence-corrected chi connectivity index (χ1v) is 6.14. The van der Waals surface area contributed by atoms with Crippen molar-refractivity contribution in [2.45, 2.75) is 19.8 Å². The second-order valence-corrected chi connectivity index (χ2v) is 4.39. The molecule has 100 valence electrons. The Kier molecular flexibility index (Phi) is 4.00. The third kappa shape index (κ3) is 2.84. The first kappa shape index (κ1) is 13.3. The lowest BCUT2D eigenvalue weighted by Gasteiger charge is -2.11. The number of methoxy groups -OCH3 is 2. The van der Waals surface area contributed by atoms with Crippen LogP contribution < -0.4 is 9.47 Å². The number of aryl methyl sites for hydroxylation is 1. The molecule has 1 aromatic carbocycles. The molecule has 19 heavy (non-hydrogen) atoms. The van der Waals surface area contributed by atoms with Crippen molar-refractivity contribution in [2.75, 3.05) is 14.2 Å². The maximum atomic E-state index is 11.1. The SMILES string of the molecule is COc1cc2ccnc(CCC(C)=O)c2cc1OC. The predicted octanol–water partition coefficient (Wildman–Crippen LogP) is 2.77. The van der Waals surface area contributed by atoms with Gasteiger partial charge < -0.3 is 14.3 Å². The fourth-order valence-electron chi connectivity index (χ4n) is 2.05. The molecule has 0 fully saturated rings. The number of carbonyl (C=O) groups excluding carboxylic acids is 1. The van der Waals surface area contributed by atoms with Gasteiger partial charge in [-0.25, -0.2) is 0 Å². The van der Waals surface area contributed by atoms with Crippen LogP contribution in [0.25, 0.3) is 10.8 Å². The van der Waals surface area contributed by atoms with Gasteiger partial charge in [0.2, 0.25) is 0 Å². The predicted molar refractivity (Wildman–Crippen MR) is 73.8 cm³/mol. The van der Waals surface area contributed by atoms with Crippen molar-refractivity contribution in [2.24, 2.45) is 0 Å². The summed E-state index contributed by atoms with van der Waals surface area (Å²) in [5.41, 5.74) is 0.911. The largest absolute Gasteiger partial charge is 0.493 e. The summed E-state index contributed by atoms with van der Waals surface area (Å²) in [5, 5.41) is 2.03. The average Bonchev–Trinajstić information content (AvgIpc) is 2.43. The molecule has 0 amide bonds. The Hall–Kier alpha value is -2.10. The number of aromatic nitrogens is 1. The van der Waals surface area contributed by atoms with E-state index in [1.165, 1.54) is 0 Å². The summed E-state index contributed by atoms with van der Waals surface area (Å²) in [5.74, 6) is 1.53. The molecule has 1 aromatic heterocycles. The lowest BCUT2D eigenvalue weighted by atomic mass is 10.0. The number of ketones is 1. The number of benzene rings is 1. The number of ether oxygens (including phenoxy) is 2. The number of hydrogen-bond donors (Lipinski definition) is 0. The molecule has 2 rings (SSSR count). The Bertz CT molecular complexity index is 608. The summed E-state index contributed by atoms with van der Waals surface area (Å²) in [6.07, 6.45) is 2.90. The zero-order valence-electron chi connectivity index (χ0n) is 11.4. The van der Waals surface area contributed by atoms with E-state index in [1.807, 2.05) is 18.2 Å². The van der Waals surface area contributed by atoms with Crippen molar-refractivity contribution >= 4 is 16.6 Å². The Morgan fingerprint density at radius 1 is 1.21 bits per heavy atom. The highest BCUT2D eigenvalue weighted by Crippen LogP contribution is 2.33. The Morgan fingerprint density at radius 3 is 2.53 bits per heavy atom. The maximum absolute atomic E-state index is 11.1. The van der Waals surface area contributed by atoms with Crippen molar-refractivity contribution in [1.82, 2.24) is 4.98 Å². The molecule has 0 saturated carbocycles. The standard InChI is InChI=1S/C15H17NO3/c1-10(17)4-5-13-12-9-15(19-3)14(18-2)8-11(12)6-7-16-13/h6-9H,4-5H2,1-3H3. The quantitative estimate of drug-likeness (QED) is 0.828. The lowest BCUT2D eigenvalue weighted by Crippen LogP contribution is -1.98. The van der Waals surface area contributed by atoms with Gasteiger partial charge in [0.15, 0.2) is 11.5 Å². The van der Waals surface area contributed by atoms with E-state index >= 15 is 0 Å². The van der Waals surface area contributed by atoms with Gasteiger partial charge in [0.1, 0.15) is 5.78 Å². The highest BCUT2D eigenvalue weighted by atomic mass is 16.5. The number of pyridine rings is 1. The van der Waals surface area contributed by atoms with Gasteiger partial charge in [0.25, 0.3) is 0 Å². The first-order valence-electron chi connectivity index (χ1n) is 6.14. The zero-order valence-corrected chi connectivity index (χ0v) is 11.4. The second kappa shape index (κ2) is 5.69. The van der Waals surface area contributed by atoms with E-state index in [4.69, 9.17) is 9.47 Å². The fraction of sp³-hybridized carbons (Fsp3) is 0.333. The number of rotatable bonds is 5. The highest BCUT2D eigenvalue weighted by Gasteiger charge is 2.10. The molecule has 4 nitrogen and oxygen atoms in total. The van der Waals surface area contributed by atoms with E-state index in [2.05, 4.69) is 4.98 Å². The van der Waals surface area contributed by atoms with Crippen molar-refractivity contribution in [1.29, 1.82) is 0 Å². The molecule has 0 N–H and O–H groups in total. The van der Waals surface area contributed by atoms with E-state index in [9.17, 15) is 4.79 Å². The molecular formula is C15H17NO3. The lowest BCUT2D eigenvalue weighted by molar-refractivity contribution is -0.116. The van der Waals surface area contributed by atoms with Gasteiger partial charge in [-0.1, -0.05) is 0 Å². The monoisotopic (exact) mass is 259 g/mol. The molecular weight excluding hydrogens is 242 g/mol. The van der Waals surface area contributed by atoms with Crippen molar-refractivity contribution in [3.8, 4) is 11.5 Å². The third-order valence-corrected chi connectivity index (χ3v) is 3.06. The minimum Gasteiger partial charge on any atom is -0.493 e. The van der Waals surface area contributed by atoms with Gasteiger partial charge >= 0.3 is 0 Å². The van der Waals surface area contributed by atoms with E-state index in [0.717, 1.165) is 16.5 Å². The van der Waals surface area contributed by atoms with Gasteiger partial charge in [0, 0.05) is 23.7 Å². The van der Waals surface area contributed by atoms with Crippen LogP contribution in [0.3, 0.4) is 0 Å². The minimum atomic E-state index is 0.166. The van der Waals surface area contributed by atoms with Gasteiger partial charge in [-0.15, -0.1) is 0 Å². The van der Waals surface area contributed by atoms with Crippen molar-refractivity contribution in [3.63, 3.8) is 0 Å². The molecule has 0 aliphatic rings. The third-order valence-electron chi connectivity index (χ3n) is 3.06. The van der Waals surface area contributed by atoms with E-state index in [1.54, 1.807) is 27.3 Å². The second-order valence-electron chi connectivity index (χ2n) is 4.39. The van der Waals surface area contributed by atoms with Gasteiger partial charge in [0.05, 0.1) is 14.2 Å². The van der Waals surface area contributed by atoms with Crippen LogP contribution in [0.5, 0.6) is 11.5 Å². The maximum Gasteiger partial charge on any atom is 0.161 e. The van der Waals surface area contributed by atoms with Crippen molar-refractivity contribution < 1.29 is 14.3 Å². The van der Waals surface area contributed by atoms with Crippen LogP contribution in [0.1, 0.15) is 19.0 Å². The molecule has 0 bridgehead atoms. The molecule has 4 heteroatoms. The van der Waals surface area contributed by atoms with Crippen molar-refractivity contribution in [3.05, 3.63) is 30.1 Å². The smallest absolute Gasteiger partial charge is 0.161 e. The molecule has 0 aliphatic heterocycles. The van der Waals surface area contributed by atoms with Crippen LogP contribution in [-0.2, 0) is 11.2 Å². The highest BCUT2D eigenvalue weighted by molar-refractivity contribution is 5.88. The summed E-state index contributed by atoms with van der Waals surface area (Å²) in [6.45, 7) is 1.59. The summed E-state index contributed by atoms with van der Waals surface area (Å²) >= 11 is 0. The van der Waals surface area contributed by atoms with Crippen LogP contribution in [0.2, 0.25) is 0 Å².